The van der Waals surface area contributed by atoms with Gasteiger partial charge in [-0.2, -0.15) is 0 Å². The summed E-state index contributed by atoms with van der Waals surface area (Å²) in [7, 11) is -0.323. The minimum atomic E-state index is -1.94. The van der Waals surface area contributed by atoms with Crippen LogP contribution >= 0.6 is 0 Å². The fourth-order valence-electron chi connectivity index (χ4n) is 3.97. The third-order valence-electron chi connectivity index (χ3n) is 7.02. The van der Waals surface area contributed by atoms with Gasteiger partial charge in [0, 0.05) is 17.6 Å². The van der Waals surface area contributed by atoms with Crippen LogP contribution < -0.4 is 20.2 Å². The van der Waals surface area contributed by atoms with Crippen molar-refractivity contribution in [2.75, 3.05) is 19.0 Å². The van der Waals surface area contributed by atoms with Crippen LogP contribution in [0.1, 0.15) is 44.9 Å². The highest BCUT2D eigenvalue weighted by atomic mass is 28.4. The predicted octanol–water partition coefficient (Wildman–Crippen LogP) is 5.77. The Morgan fingerprint density at radius 2 is 1.74 bits per heavy atom. The number of nitrogens with two attached hydrogens (primary N) is 1. The Labute approximate surface area is 204 Å². The number of rotatable bonds is 7. The first-order chi connectivity index (χ1) is 15.9. The fourth-order valence-corrected chi connectivity index (χ4v) is 5.00. The molecule has 0 radical (unpaired) electrons. The summed E-state index contributed by atoms with van der Waals surface area (Å²) in [6.45, 7) is 17.5. The molecule has 7 heteroatoms. The monoisotopic (exact) mass is 482 g/mol. The molecule has 0 fully saturated rings. The van der Waals surface area contributed by atoms with Crippen molar-refractivity contribution in [3.05, 3.63) is 60.2 Å². The van der Waals surface area contributed by atoms with E-state index in [0.717, 1.165) is 28.1 Å². The molecule has 1 aliphatic heterocycles. The Balaban J connectivity index is 1.93. The molecule has 0 aliphatic carbocycles. The van der Waals surface area contributed by atoms with Crippen LogP contribution in [-0.4, -0.2) is 34.0 Å². The van der Waals surface area contributed by atoms with Gasteiger partial charge in [-0.25, -0.2) is 4.79 Å². The van der Waals surface area contributed by atoms with Crippen LogP contribution in [0.25, 0.3) is 5.57 Å². The Bertz CT molecular complexity index is 1040. The van der Waals surface area contributed by atoms with Crippen molar-refractivity contribution in [3.8, 4) is 11.5 Å². The van der Waals surface area contributed by atoms with E-state index in [1.807, 2.05) is 42.5 Å². The van der Waals surface area contributed by atoms with E-state index in [4.69, 9.17) is 19.6 Å². The molecule has 0 bridgehead atoms. The number of hydrogen-bond acceptors (Lipinski definition) is 6. The van der Waals surface area contributed by atoms with Gasteiger partial charge in [-0.15, -0.1) is 0 Å². The molecule has 0 amide bonds. The summed E-state index contributed by atoms with van der Waals surface area (Å²) in [5, 5.41) is 3.44. The first-order valence-corrected chi connectivity index (χ1v) is 14.7. The van der Waals surface area contributed by atoms with Gasteiger partial charge in [0.05, 0.1) is 13.7 Å². The van der Waals surface area contributed by atoms with E-state index in [9.17, 15) is 4.79 Å². The maximum absolute atomic E-state index is 12.9. The maximum Gasteiger partial charge on any atom is 0.329 e. The minimum absolute atomic E-state index is 0.108. The lowest BCUT2D eigenvalue weighted by Gasteiger charge is -2.39. The number of ether oxygens (including phenoxy) is 2. The van der Waals surface area contributed by atoms with Crippen LogP contribution in [0.5, 0.6) is 11.5 Å². The zero-order valence-electron chi connectivity index (χ0n) is 21.4. The molecule has 34 heavy (non-hydrogen) atoms. The molecule has 2 aromatic carbocycles. The number of benzene rings is 2. The first-order valence-electron chi connectivity index (χ1n) is 11.7. The highest BCUT2D eigenvalue weighted by molar-refractivity contribution is 6.74. The van der Waals surface area contributed by atoms with E-state index < -0.39 is 26.3 Å². The summed E-state index contributed by atoms with van der Waals surface area (Å²) in [6.07, 6.45) is 0. The molecule has 2 aromatic rings. The van der Waals surface area contributed by atoms with E-state index >= 15 is 0 Å². The lowest BCUT2D eigenvalue weighted by molar-refractivity contribution is -0.145. The van der Waals surface area contributed by atoms with Gasteiger partial charge in [-0.05, 0) is 72.1 Å². The van der Waals surface area contributed by atoms with Gasteiger partial charge in [0.1, 0.15) is 17.5 Å². The Kier molecular flexibility index (Phi) is 7.48. The van der Waals surface area contributed by atoms with Gasteiger partial charge in [-0.3, -0.25) is 0 Å². The molecule has 3 N–H and O–H groups in total. The summed E-state index contributed by atoms with van der Waals surface area (Å²) in [4.78, 5) is 12.9. The molecule has 1 unspecified atom stereocenters. The Morgan fingerprint density at radius 3 is 2.29 bits per heavy atom. The van der Waals surface area contributed by atoms with Crippen LogP contribution in [0, 0.1) is 5.92 Å². The number of carbonyl (C=O) groups is 1. The standard InChI is InChI=1S/C27H38N2O4Si/c1-9-32-26(30)25-23(24(28)21-16-20(31-6)14-15-22(21)29-25)17(2)18-10-12-19(13-11-18)33-34(7,8)27(3,4)5/h10-16,23-25,29H,2,9,28H2,1,3-8H3/t23-,24+,25?/m1/s1. The third-order valence-corrected chi connectivity index (χ3v) is 11.4. The second-order valence-corrected chi connectivity index (χ2v) is 15.0. The summed E-state index contributed by atoms with van der Waals surface area (Å²) in [6, 6.07) is 12.4. The van der Waals surface area contributed by atoms with Crippen molar-refractivity contribution in [2.45, 2.75) is 57.9 Å². The zero-order valence-corrected chi connectivity index (χ0v) is 22.4. The van der Waals surface area contributed by atoms with Gasteiger partial charge in [0.15, 0.2) is 0 Å². The van der Waals surface area contributed by atoms with Crippen molar-refractivity contribution >= 4 is 25.5 Å². The van der Waals surface area contributed by atoms with Gasteiger partial charge < -0.3 is 25.0 Å². The summed E-state index contributed by atoms with van der Waals surface area (Å²) >= 11 is 0. The highest BCUT2D eigenvalue weighted by Gasteiger charge is 2.42. The summed E-state index contributed by atoms with van der Waals surface area (Å²) in [5.74, 6) is 0.808. The molecule has 0 saturated carbocycles. The van der Waals surface area contributed by atoms with Crippen LogP contribution in [0.2, 0.25) is 18.1 Å². The van der Waals surface area contributed by atoms with Gasteiger partial charge in [-0.1, -0.05) is 39.5 Å². The topological polar surface area (TPSA) is 82.8 Å². The van der Waals surface area contributed by atoms with Crippen molar-refractivity contribution in [2.24, 2.45) is 11.7 Å². The molecule has 1 heterocycles. The smallest absolute Gasteiger partial charge is 0.329 e. The van der Waals surface area contributed by atoms with Crippen LogP contribution in [0.4, 0.5) is 5.69 Å². The van der Waals surface area contributed by atoms with Crippen molar-refractivity contribution in [3.63, 3.8) is 0 Å². The number of methoxy groups -OCH3 is 1. The fraction of sp³-hybridized carbons (Fsp3) is 0.444. The number of nitrogens with one attached hydrogen (secondary N) is 1. The quantitative estimate of drug-likeness (QED) is 0.385. The first kappa shape index (κ1) is 25.8. The van der Waals surface area contributed by atoms with E-state index in [2.05, 4.69) is 45.8 Å². The van der Waals surface area contributed by atoms with Gasteiger partial charge in [0.2, 0.25) is 8.32 Å². The Hall–Kier alpha value is -2.77. The number of anilines is 1. The molecule has 184 valence electrons. The zero-order chi connectivity index (χ0) is 25.3. The normalized spacial score (nSPS) is 20.1. The van der Waals surface area contributed by atoms with E-state index in [1.54, 1.807) is 14.0 Å². The molecular weight excluding hydrogens is 444 g/mol. The second-order valence-electron chi connectivity index (χ2n) is 10.3. The molecule has 1 aliphatic rings. The summed E-state index contributed by atoms with van der Waals surface area (Å²) < 4.78 is 17.2. The van der Waals surface area contributed by atoms with E-state index in [0.29, 0.717) is 12.4 Å². The SMILES string of the molecule is C=C(c1ccc(O[Si](C)(C)C(C)(C)C)cc1)[C@H]1C(C(=O)OCC)Nc2ccc(OC)cc2[C@@H]1N. The van der Waals surface area contributed by atoms with Gasteiger partial charge in [0.25, 0.3) is 0 Å². The Morgan fingerprint density at radius 1 is 1.12 bits per heavy atom. The molecule has 0 spiro atoms. The lowest BCUT2D eigenvalue weighted by Crippen LogP contribution is -2.47. The average Bonchev–Trinajstić information content (AvgIpc) is 2.78. The largest absolute Gasteiger partial charge is 0.544 e. The summed E-state index contributed by atoms with van der Waals surface area (Å²) in [5.41, 5.74) is 10.1. The average molecular weight is 483 g/mol. The number of carbonyl (C=O) groups excluding carboxylic acids is 1. The second kappa shape index (κ2) is 9.84. The van der Waals surface area contributed by atoms with Crippen molar-refractivity contribution in [1.29, 1.82) is 0 Å². The highest BCUT2D eigenvalue weighted by Crippen LogP contribution is 2.44. The van der Waals surface area contributed by atoms with E-state index in [1.165, 1.54) is 0 Å². The minimum Gasteiger partial charge on any atom is -0.544 e. The molecular formula is C27H38N2O4Si. The number of fused-ring (bicyclic) bond motifs is 1. The van der Waals surface area contributed by atoms with E-state index in [-0.39, 0.29) is 11.0 Å². The predicted molar refractivity (Wildman–Crippen MR) is 141 cm³/mol. The molecule has 0 saturated heterocycles. The maximum atomic E-state index is 12.9. The molecule has 0 aromatic heterocycles. The van der Waals surface area contributed by atoms with Crippen molar-refractivity contribution < 1.29 is 18.7 Å². The molecule has 3 rings (SSSR count). The number of esters is 1. The van der Waals surface area contributed by atoms with Crippen LogP contribution in [0.15, 0.2) is 49.0 Å². The van der Waals surface area contributed by atoms with Crippen LogP contribution in [-0.2, 0) is 9.53 Å². The molecule has 3 atom stereocenters. The van der Waals surface area contributed by atoms with Gasteiger partial charge >= 0.3 is 5.97 Å². The van der Waals surface area contributed by atoms with Crippen molar-refractivity contribution in [1.82, 2.24) is 0 Å². The third kappa shape index (κ3) is 5.15. The number of hydrogen-bond donors (Lipinski definition) is 2. The molecule has 6 nitrogen and oxygen atoms in total. The lowest BCUT2D eigenvalue weighted by atomic mass is 9.76. The van der Waals surface area contributed by atoms with Crippen LogP contribution in [0.3, 0.4) is 0 Å².